The number of hydrogen-bond donors (Lipinski definition) is 2. The van der Waals surface area contributed by atoms with Gasteiger partial charge in [0.1, 0.15) is 5.82 Å². The molecule has 2 N–H and O–H groups in total. The lowest BCUT2D eigenvalue weighted by atomic mass is 10.2. The zero-order chi connectivity index (χ0) is 14.4. The van der Waals surface area contributed by atoms with Crippen LogP contribution in [-0.4, -0.2) is 42.1 Å². The lowest BCUT2D eigenvalue weighted by molar-refractivity contribution is -0.119. The molecule has 1 aromatic rings. The van der Waals surface area contributed by atoms with Crippen molar-refractivity contribution in [2.75, 3.05) is 25.0 Å². The number of amides is 1. The van der Waals surface area contributed by atoms with Crippen molar-refractivity contribution >= 4 is 29.3 Å². The van der Waals surface area contributed by atoms with Crippen LogP contribution in [0.3, 0.4) is 0 Å². The first kappa shape index (κ1) is 15.2. The predicted octanol–water partition coefficient (Wildman–Crippen LogP) is 1.40. The number of carboxylic acid groups (broad SMARTS) is 1. The molecule has 0 radical (unpaired) electrons. The molecule has 0 fully saturated rings. The lowest BCUT2D eigenvalue weighted by Crippen LogP contribution is -2.35. The van der Waals surface area contributed by atoms with E-state index in [1.165, 1.54) is 12.3 Å². The number of carboxylic acids is 1. The summed E-state index contributed by atoms with van der Waals surface area (Å²) in [5, 5.41) is 11.8. The molecule has 19 heavy (non-hydrogen) atoms. The van der Waals surface area contributed by atoms with Crippen LogP contribution < -0.4 is 10.2 Å². The summed E-state index contributed by atoms with van der Waals surface area (Å²) in [5.74, 6) is -0.885. The highest BCUT2D eigenvalue weighted by Crippen LogP contribution is 2.19. The topological polar surface area (TPSA) is 82.5 Å². The number of carbonyl (C=O) groups excluding carboxylic acids is 1. The third kappa shape index (κ3) is 4.40. The zero-order valence-electron chi connectivity index (χ0n) is 10.8. The summed E-state index contributed by atoms with van der Waals surface area (Å²) in [6.45, 7) is 2.68. The van der Waals surface area contributed by atoms with E-state index in [4.69, 9.17) is 16.7 Å². The van der Waals surface area contributed by atoms with Crippen LogP contribution in [0.15, 0.2) is 12.3 Å². The first-order valence-corrected chi connectivity index (χ1v) is 6.20. The molecule has 1 heterocycles. The van der Waals surface area contributed by atoms with Gasteiger partial charge in [-0.25, -0.2) is 9.78 Å². The van der Waals surface area contributed by atoms with Crippen LogP contribution in [0, 0.1) is 0 Å². The summed E-state index contributed by atoms with van der Waals surface area (Å²) in [5.41, 5.74) is -0.0347. The van der Waals surface area contributed by atoms with Crippen molar-refractivity contribution in [3.05, 3.63) is 22.8 Å². The van der Waals surface area contributed by atoms with Crippen molar-refractivity contribution in [3.8, 4) is 0 Å². The molecule has 0 unspecified atom stereocenters. The molecule has 6 nitrogen and oxygen atoms in total. The fourth-order valence-electron chi connectivity index (χ4n) is 1.42. The number of halogens is 1. The maximum absolute atomic E-state index is 11.5. The number of aromatic nitrogens is 1. The maximum atomic E-state index is 11.5. The Morgan fingerprint density at radius 1 is 1.53 bits per heavy atom. The minimum absolute atomic E-state index is 0.0347. The van der Waals surface area contributed by atoms with Gasteiger partial charge >= 0.3 is 5.97 Å². The molecule has 1 rings (SSSR count). The summed E-state index contributed by atoms with van der Waals surface area (Å²) in [4.78, 5) is 28.1. The molecule has 7 heteroatoms. The van der Waals surface area contributed by atoms with E-state index in [1.807, 2.05) is 6.92 Å². The summed E-state index contributed by atoms with van der Waals surface area (Å²) < 4.78 is 0. The highest BCUT2D eigenvalue weighted by molar-refractivity contribution is 6.33. The highest BCUT2D eigenvalue weighted by atomic mass is 35.5. The van der Waals surface area contributed by atoms with Gasteiger partial charge in [-0.1, -0.05) is 18.5 Å². The van der Waals surface area contributed by atoms with Gasteiger partial charge in [-0.05, 0) is 12.5 Å². The molecule has 0 spiro atoms. The van der Waals surface area contributed by atoms with Crippen LogP contribution in [0.25, 0.3) is 0 Å². The number of rotatable bonds is 6. The largest absolute Gasteiger partial charge is 0.478 e. The average molecular weight is 286 g/mol. The average Bonchev–Trinajstić information content (AvgIpc) is 2.36. The molecule has 1 aromatic heterocycles. The number of anilines is 1. The molecule has 0 atom stereocenters. The van der Waals surface area contributed by atoms with Crippen molar-refractivity contribution in [2.45, 2.75) is 13.3 Å². The van der Waals surface area contributed by atoms with Crippen molar-refractivity contribution in [1.29, 1.82) is 0 Å². The Kier molecular flexibility index (Phi) is 5.57. The zero-order valence-corrected chi connectivity index (χ0v) is 11.6. The van der Waals surface area contributed by atoms with Crippen LogP contribution in [0.4, 0.5) is 5.82 Å². The normalized spacial score (nSPS) is 10.1. The molecule has 0 aromatic carbocycles. The van der Waals surface area contributed by atoms with Crippen molar-refractivity contribution in [2.24, 2.45) is 0 Å². The third-order valence-electron chi connectivity index (χ3n) is 2.42. The van der Waals surface area contributed by atoms with E-state index in [0.29, 0.717) is 12.4 Å². The Balaban J connectivity index is 2.77. The second kappa shape index (κ2) is 6.94. The van der Waals surface area contributed by atoms with Gasteiger partial charge in [0.15, 0.2) is 0 Å². The molecular formula is C12H16ClN3O3. The second-order valence-corrected chi connectivity index (χ2v) is 4.44. The Labute approximate surface area is 116 Å². The summed E-state index contributed by atoms with van der Waals surface area (Å²) in [7, 11) is 1.66. The fourth-order valence-corrected chi connectivity index (χ4v) is 1.60. The number of pyridine rings is 1. The van der Waals surface area contributed by atoms with Gasteiger partial charge in [-0.15, -0.1) is 0 Å². The van der Waals surface area contributed by atoms with Crippen molar-refractivity contribution < 1.29 is 14.7 Å². The molecular weight excluding hydrogens is 270 g/mol. The van der Waals surface area contributed by atoms with Crippen LogP contribution in [0.1, 0.15) is 23.7 Å². The summed E-state index contributed by atoms with van der Waals surface area (Å²) in [6, 6.07) is 1.35. The lowest BCUT2D eigenvalue weighted by Gasteiger charge is -2.18. The fraction of sp³-hybridized carbons (Fsp3) is 0.417. The predicted molar refractivity (Wildman–Crippen MR) is 72.8 cm³/mol. The van der Waals surface area contributed by atoms with E-state index in [9.17, 15) is 9.59 Å². The Hall–Kier alpha value is -1.82. The van der Waals surface area contributed by atoms with E-state index >= 15 is 0 Å². The van der Waals surface area contributed by atoms with Gasteiger partial charge < -0.3 is 15.3 Å². The summed E-state index contributed by atoms with van der Waals surface area (Å²) >= 11 is 5.73. The molecule has 104 valence electrons. The van der Waals surface area contributed by atoms with Gasteiger partial charge in [-0.3, -0.25) is 4.79 Å². The van der Waals surface area contributed by atoms with Crippen molar-refractivity contribution in [1.82, 2.24) is 10.3 Å². The second-order valence-electron chi connectivity index (χ2n) is 4.03. The Morgan fingerprint density at radius 2 is 2.21 bits per heavy atom. The first-order valence-electron chi connectivity index (χ1n) is 5.82. The number of nitrogens with zero attached hydrogens (tertiary/aromatic N) is 2. The molecule has 1 amide bonds. The number of carbonyl (C=O) groups is 2. The van der Waals surface area contributed by atoms with E-state index in [0.717, 1.165) is 6.42 Å². The number of hydrogen-bond acceptors (Lipinski definition) is 4. The van der Waals surface area contributed by atoms with Crippen LogP contribution in [0.5, 0.6) is 0 Å². The Morgan fingerprint density at radius 3 is 2.79 bits per heavy atom. The van der Waals surface area contributed by atoms with Gasteiger partial charge in [0.25, 0.3) is 0 Å². The summed E-state index contributed by atoms with van der Waals surface area (Å²) in [6.07, 6.45) is 2.12. The number of aromatic carboxylic acids is 1. The quantitative estimate of drug-likeness (QED) is 0.825. The molecule has 0 bridgehead atoms. The standard InChI is InChI=1S/C12H16ClN3O3/c1-3-4-14-11(17)7-16(2)10-5-8(12(18)19)9(13)6-15-10/h5-6H,3-4,7H2,1-2H3,(H,14,17)(H,18,19). The smallest absolute Gasteiger partial charge is 0.337 e. The Bertz CT molecular complexity index is 479. The van der Waals surface area contributed by atoms with Crippen molar-refractivity contribution in [3.63, 3.8) is 0 Å². The van der Waals surface area contributed by atoms with Gasteiger partial charge in [0.2, 0.25) is 5.91 Å². The van der Waals surface area contributed by atoms with Crippen LogP contribution >= 0.6 is 11.6 Å². The van der Waals surface area contributed by atoms with E-state index < -0.39 is 5.97 Å². The molecule has 0 saturated carbocycles. The molecule has 0 aliphatic rings. The van der Waals surface area contributed by atoms with Gasteiger partial charge in [0.05, 0.1) is 17.1 Å². The van der Waals surface area contributed by atoms with E-state index in [1.54, 1.807) is 11.9 Å². The number of nitrogens with one attached hydrogen (secondary N) is 1. The monoisotopic (exact) mass is 285 g/mol. The third-order valence-corrected chi connectivity index (χ3v) is 2.72. The maximum Gasteiger partial charge on any atom is 0.337 e. The molecule has 0 aliphatic heterocycles. The minimum atomic E-state index is -1.13. The van der Waals surface area contributed by atoms with Gasteiger partial charge in [-0.2, -0.15) is 0 Å². The minimum Gasteiger partial charge on any atom is -0.478 e. The molecule has 0 aliphatic carbocycles. The van der Waals surface area contributed by atoms with Gasteiger partial charge in [0, 0.05) is 19.8 Å². The SMILES string of the molecule is CCCNC(=O)CN(C)c1cc(C(=O)O)c(Cl)cn1. The van der Waals surface area contributed by atoms with Crippen LogP contribution in [-0.2, 0) is 4.79 Å². The van der Waals surface area contributed by atoms with E-state index in [-0.39, 0.29) is 23.0 Å². The number of likely N-dealkylation sites (N-methyl/N-ethyl adjacent to an activating group) is 1. The first-order chi connectivity index (χ1) is 8.95. The molecule has 0 saturated heterocycles. The highest BCUT2D eigenvalue weighted by Gasteiger charge is 2.14. The van der Waals surface area contributed by atoms with Crippen LogP contribution in [0.2, 0.25) is 5.02 Å². The van der Waals surface area contributed by atoms with E-state index in [2.05, 4.69) is 10.3 Å².